The Morgan fingerprint density at radius 2 is 2.24 bits per heavy atom. The van der Waals surface area contributed by atoms with E-state index < -0.39 is 5.54 Å². The largest absolute Gasteiger partial charge is 0.378 e. The van der Waals surface area contributed by atoms with Crippen LogP contribution < -0.4 is 5.73 Å². The monoisotopic (exact) mass is 240 g/mol. The molecule has 2 unspecified atom stereocenters. The molecule has 0 aromatic heterocycles. The van der Waals surface area contributed by atoms with Crippen LogP contribution in [0.25, 0.3) is 0 Å². The van der Waals surface area contributed by atoms with Crippen molar-refractivity contribution in [1.29, 1.82) is 0 Å². The average Bonchev–Trinajstić information content (AvgIpc) is 2.27. The minimum Gasteiger partial charge on any atom is -0.378 e. The number of hydrogen-bond donors (Lipinski definition) is 1. The van der Waals surface area contributed by atoms with E-state index in [1.54, 1.807) is 18.0 Å². The first-order chi connectivity index (χ1) is 7.81. The van der Waals surface area contributed by atoms with Crippen molar-refractivity contribution < 1.29 is 9.53 Å². The van der Waals surface area contributed by atoms with Crippen molar-refractivity contribution >= 4 is 5.91 Å². The van der Waals surface area contributed by atoms with Gasteiger partial charge in [-0.2, -0.15) is 0 Å². The quantitative estimate of drug-likeness (QED) is 0.734. The number of amides is 1. The Morgan fingerprint density at radius 3 is 2.65 bits per heavy atom. The number of carbonyl (C=O) groups excluding carboxylic acids is 1. The van der Waals surface area contributed by atoms with Gasteiger partial charge in [0.2, 0.25) is 5.91 Å². The van der Waals surface area contributed by atoms with Gasteiger partial charge in [-0.05, 0) is 6.92 Å². The van der Waals surface area contributed by atoms with Gasteiger partial charge in [0.1, 0.15) is 5.54 Å². The summed E-state index contributed by atoms with van der Waals surface area (Å²) in [5, 5.41) is 0. The van der Waals surface area contributed by atoms with E-state index in [2.05, 4.69) is 6.58 Å². The highest BCUT2D eigenvalue weighted by molar-refractivity contribution is 5.88. The van der Waals surface area contributed by atoms with Gasteiger partial charge in [-0.3, -0.25) is 4.79 Å². The first kappa shape index (κ1) is 14.2. The van der Waals surface area contributed by atoms with Crippen molar-refractivity contribution in [3.63, 3.8) is 0 Å². The second-order valence-electron chi connectivity index (χ2n) is 5.32. The molecular formula is C13H24N2O2. The fourth-order valence-corrected chi connectivity index (χ4v) is 2.42. The lowest BCUT2D eigenvalue weighted by Gasteiger charge is -2.58. The predicted octanol–water partition coefficient (Wildman–Crippen LogP) is 1.16. The molecule has 98 valence electrons. The lowest BCUT2D eigenvalue weighted by Crippen LogP contribution is -2.75. The Morgan fingerprint density at radius 1 is 1.65 bits per heavy atom. The molecule has 2 N–H and O–H groups in total. The number of hydrogen-bond acceptors (Lipinski definition) is 3. The zero-order chi connectivity index (χ0) is 13.3. The molecule has 0 spiro atoms. The number of carbonyl (C=O) groups is 1. The van der Waals surface area contributed by atoms with Crippen LogP contribution in [0, 0.1) is 5.41 Å². The Hall–Kier alpha value is -0.870. The van der Waals surface area contributed by atoms with Crippen LogP contribution in [-0.4, -0.2) is 42.6 Å². The Kier molecular flexibility index (Phi) is 3.99. The number of nitrogens with two attached hydrogens (primary N) is 1. The summed E-state index contributed by atoms with van der Waals surface area (Å²) in [6.45, 7) is 10.8. The molecule has 0 saturated heterocycles. The third-order valence-electron chi connectivity index (χ3n) is 3.96. The summed E-state index contributed by atoms with van der Waals surface area (Å²) < 4.78 is 5.61. The Labute approximate surface area is 104 Å². The van der Waals surface area contributed by atoms with Gasteiger partial charge in [-0.1, -0.05) is 19.9 Å². The summed E-state index contributed by atoms with van der Waals surface area (Å²) in [6, 6.07) is 0. The molecule has 0 aliphatic heterocycles. The van der Waals surface area contributed by atoms with Crippen LogP contribution in [-0.2, 0) is 9.53 Å². The van der Waals surface area contributed by atoms with E-state index in [4.69, 9.17) is 10.5 Å². The summed E-state index contributed by atoms with van der Waals surface area (Å²) in [6.07, 6.45) is 2.36. The van der Waals surface area contributed by atoms with Crippen LogP contribution in [0.4, 0.5) is 0 Å². The molecule has 1 aliphatic rings. The summed E-state index contributed by atoms with van der Waals surface area (Å²) in [4.78, 5) is 13.9. The second-order valence-corrected chi connectivity index (χ2v) is 5.32. The van der Waals surface area contributed by atoms with Crippen molar-refractivity contribution in [1.82, 2.24) is 4.90 Å². The van der Waals surface area contributed by atoms with Crippen molar-refractivity contribution in [2.24, 2.45) is 11.1 Å². The minimum absolute atomic E-state index is 0.0293. The van der Waals surface area contributed by atoms with E-state index in [0.29, 0.717) is 19.6 Å². The second kappa shape index (κ2) is 4.78. The number of rotatable bonds is 5. The van der Waals surface area contributed by atoms with Gasteiger partial charge >= 0.3 is 0 Å². The fourth-order valence-electron chi connectivity index (χ4n) is 2.42. The lowest BCUT2D eigenvalue weighted by molar-refractivity contribution is -0.177. The molecule has 1 amide bonds. The molecule has 4 heteroatoms. The number of likely N-dealkylation sites (N-methyl/N-ethyl adjacent to an activating group) is 1. The van der Waals surface area contributed by atoms with Gasteiger partial charge in [0.15, 0.2) is 0 Å². The van der Waals surface area contributed by atoms with E-state index in [-0.39, 0.29) is 17.4 Å². The van der Waals surface area contributed by atoms with Gasteiger partial charge in [0.05, 0.1) is 6.10 Å². The average molecular weight is 240 g/mol. The third kappa shape index (κ3) is 2.11. The van der Waals surface area contributed by atoms with Crippen molar-refractivity contribution in [2.75, 3.05) is 20.2 Å². The van der Waals surface area contributed by atoms with Gasteiger partial charge in [-0.25, -0.2) is 0 Å². The van der Waals surface area contributed by atoms with Crippen molar-refractivity contribution in [2.45, 2.75) is 38.8 Å². The van der Waals surface area contributed by atoms with Gasteiger partial charge in [0.25, 0.3) is 0 Å². The minimum atomic E-state index is -0.815. The molecule has 1 rings (SSSR count). The van der Waals surface area contributed by atoms with E-state index in [1.807, 2.05) is 20.8 Å². The molecule has 4 nitrogen and oxygen atoms in total. The van der Waals surface area contributed by atoms with Crippen LogP contribution in [0.3, 0.4) is 0 Å². The van der Waals surface area contributed by atoms with Gasteiger partial charge in [0, 0.05) is 32.0 Å². The number of ether oxygens (including phenoxy) is 1. The summed E-state index contributed by atoms with van der Waals surface area (Å²) in [5.41, 5.74) is 5.13. The lowest BCUT2D eigenvalue weighted by atomic mass is 9.54. The van der Waals surface area contributed by atoms with Crippen LogP contribution in [0.15, 0.2) is 12.7 Å². The first-order valence-corrected chi connectivity index (χ1v) is 6.08. The van der Waals surface area contributed by atoms with Crippen molar-refractivity contribution in [3.8, 4) is 0 Å². The fraction of sp³-hybridized carbons (Fsp3) is 0.769. The maximum absolute atomic E-state index is 12.3. The maximum Gasteiger partial charge on any atom is 0.243 e. The molecule has 1 fully saturated rings. The van der Waals surface area contributed by atoms with E-state index in [9.17, 15) is 4.79 Å². The summed E-state index contributed by atoms with van der Waals surface area (Å²) in [7, 11) is 1.75. The molecule has 0 aromatic rings. The van der Waals surface area contributed by atoms with E-state index in [1.165, 1.54) is 0 Å². The van der Waals surface area contributed by atoms with Crippen LogP contribution in [0.2, 0.25) is 0 Å². The molecule has 1 saturated carbocycles. The van der Waals surface area contributed by atoms with Crippen LogP contribution in [0.1, 0.15) is 27.2 Å². The predicted molar refractivity (Wildman–Crippen MR) is 68.6 cm³/mol. The molecular weight excluding hydrogens is 216 g/mol. The highest BCUT2D eigenvalue weighted by atomic mass is 16.5. The third-order valence-corrected chi connectivity index (χ3v) is 3.96. The topological polar surface area (TPSA) is 55.6 Å². The standard InChI is InChI=1S/C13H24N2O2/c1-6-8-15(5)11(16)13(14)9-10(17-7-2)12(13,3)4/h6,10H,1,7-9,14H2,2-5H3. The molecule has 0 bridgehead atoms. The SMILES string of the molecule is C=CCN(C)C(=O)C1(N)CC(OCC)C1(C)C. The molecule has 17 heavy (non-hydrogen) atoms. The zero-order valence-electron chi connectivity index (χ0n) is 11.3. The normalized spacial score (nSPS) is 30.5. The van der Waals surface area contributed by atoms with Crippen LogP contribution >= 0.6 is 0 Å². The molecule has 2 atom stereocenters. The summed E-state index contributed by atoms with van der Waals surface area (Å²) in [5.74, 6) is -0.0293. The molecule has 1 aliphatic carbocycles. The van der Waals surface area contributed by atoms with Gasteiger partial charge in [-0.15, -0.1) is 6.58 Å². The highest BCUT2D eigenvalue weighted by Gasteiger charge is 2.63. The number of nitrogens with zero attached hydrogens (tertiary/aromatic N) is 1. The van der Waals surface area contributed by atoms with E-state index in [0.717, 1.165) is 0 Å². The Balaban J connectivity index is 2.78. The molecule has 0 radical (unpaired) electrons. The van der Waals surface area contributed by atoms with E-state index >= 15 is 0 Å². The summed E-state index contributed by atoms with van der Waals surface area (Å²) >= 11 is 0. The Bertz CT molecular complexity index is 315. The van der Waals surface area contributed by atoms with Crippen molar-refractivity contribution in [3.05, 3.63) is 12.7 Å². The van der Waals surface area contributed by atoms with Gasteiger partial charge < -0.3 is 15.4 Å². The molecule has 0 heterocycles. The molecule has 0 aromatic carbocycles. The smallest absolute Gasteiger partial charge is 0.243 e. The zero-order valence-corrected chi connectivity index (χ0v) is 11.3. The van der Waals surface area contributed by atoms with Crippen LogP contribution in [0.5, 0.6) is 0 Å². The highest BCUT2D eigenvalue weighted by Crippen LogP contribution is 2.50. The maximum atomic E-state index is 12.3. The first-order valence-electron chi connectivity index (χ1n) is 6.08.